The van der Waals surface area contributed by atoms with E-state index in [1.165, 1.54) is 11.0 Å². The molecule has 6 heteroatoms. The normalized spacial score (nSPS) is 14.4. The predicted molar refractivity (Wildman–Crippen MR) is 74.7 cm³/mol. The lowest BCUT2D eigenvalue weighted by atomic mass is 10.1. The third-order valence-corrected chi connectivity index (χ3v) is 3.22. The monoisotopic (exact) mass is 343 g/mol. The van der Waals surface area contributed by atoms with Crippen LogP contribution in [0.25, 0.3) is 0 Å². The SMILES string of the molecule is CC(C)(C)OC(=O)CN1Cc2c(F)cc(Br)cc2C1=O. The number of fused-ring (bicyclic) bond motifs is 1. The summed E-state index contributed by atoms with van der Waals surface area (Å²) in [5, 5.41) is 0. The van der Waals surface area contributed by atoms with Crippen LogP contribution in [0.3, 0.4) is 0 Å². The minimum atomic E-state index is -0.610. The summed E-state index contributed by atoms with van der Waals surface area (Å²) < 4.78 is 19.4. The van der Waals surface area contributed by atoms with Crippen molar-refractivity contribution in [2.75, 3.05) is 6.54 Å². The Morgan fingerprint density at radius 2 is 2.10 bits per heavy atom. The first-order chi connectivity index (χ1) is 9.17. The van der Waals surface area contributed by atoms with E-state index >= 15 is 0 Å². The molecule has 0 fully saturated rings. The van der Waals surface area contributed by atoms with Crippen molar-refractivity contribution < 1.29 is 18.7 Å². The molecular formula is C14H15BrFNO3. The van der Waals surface area contributed by atoms with Gasteiger partial charge >= 0.3 is 5.97 Å². The van der Waals surface area contributed by atoms with E-state index in [0.29, 0.717) is 15.6 Å². The van der Waals surface area contributed by atoms with E-state index in [2.05, 4.69) is 15.9 Å². The summed E-state index contributed by atoms with van der Waals surface area (Å²) in [5.74, 6) is -1.31. The molecule has 1 aromatic carbocycles. The molecule has 108 valence electrons. The number of carbonyl (C=O) groups excluding carboxylic acids is 2. The fourth-order valence-corrected chi connectivity index (χ4v) is 2.48. The van der Waals surface area contributed by atoms with Gasteiger partial charge in [0.1, 0.15) is 18.0 Å². The van der Waals surface area contributed by atoms with Gasteiger partial charge in [-0.2, -0.15) is 0 Å². The average Bonchev–Trinajstić information content (AvgIpc) is 2.55. The molecular weight excluding hydrogens is 329 g/mol. The molecule has 0 radical (unpaired) electrons. The summed E-state index contributed by atoms with van der Waals surface area (Å²) in [4.78, 5) is 25.2. The van der Waals surface area contributed by atoms with Crippen molar-refractivity contribution in [3.05, 3.63) is 33.5 Å². The number of nitrogens with zero attached hydrogens (tertiary/aromatic N) is 1. The third kappa shape index (κ3) is 3.17. The van der Waals surface area contributed by atoms with Crippen molar-refractivity contribution in [3.63, 3.8) is 0 Å². The Labute approximate surface area is 125 Å². The maximum Gasteiger partial charge on any atom is 0.326 e. The maximum atomic E-state index is 13.8. The van der Waals surface area contributed by atoms with Crippen LogP contribution >= 0.6 is 15.9 Å². The topological polar surface area (TPSA) is 46.6 Å². The molecule has 0 aliphatic carbocycles. The second-order valence-corrected chi connectivity index (χ2v) is 6.58. The van der Waals surface area contributed by atoms with Crippen LogP contribution in [0.1, 0.15) is 36.7 Å². The Balaban J connectivity index is 2.14. The first kappa shape index (κ1) is 15.0. The van der Waals surface area contributed by atoms with Crippen molar-refractivity contribution >= 4 is 27.8 Å². The number of benzene rings is 1. The Kier molecular flexibility index (Phi) is 3.86. The molecule has 0 aromatic heterocycles. The van der Waals surface area contributed by atoms with Crippen LogP contribution in [0, 0.1) is 5.82 Å². The van der Waals surface area contributed by atoms with E-state index in [1.807, 2.05) is 0 Å². The highest BCUT2D eigenvalue weighted by Crippen LogP contribution is 2.28. The summed E-state index contributed by atoms with van der Waals surface area (Å²) in [5.41, 5.74) is 0.00301. The van der Waals surface area contributed by atoms with Gasteiger partial charge in [0.05, 0.1) is 6.54 Å². The first-order valence-corrected chi connectivity index (χ1v) is 6.96. The quantitative estimate of drug-likeness (QED) is 0.775. The minimum Gasteiger partial charge on any atom is -0.459 e. The lowest BCUT2D eigenvalue weighted by molar-refractivity contribution is -0.155. The number of rotatable bonds is 2. The number of esters is 1. The largest absolute Gasteiger partial charge is 0.459 e. The molecule has 0 unspecified atom stereocenters. The van der Waals surface area contributed by atoms with Crippen molar-refractivity contribution in [1.29, 1.82) is 0 Å². The minimum absolute atomic E-state index is 0.0898. The predicted octanol–water partition coefficient (Wildman–Crippen LogP) is 2.89. The van der Waals surface area contributed by atoms with Gasteiger partial charge in [0.2, 0.25) is 0 Å². The molecule has 0 bridgehead atoms. The standard InChI is InChI=1S/C14H15BrFNO3/c1-14(2,3)20-12(18)7-17-6-10-9(13(17)19)4-8(15)5-11(10)16/h4-5H,6-7H2,1-3H3. The molecule has 20 heavy (non-hydrogen) atoms. The zero-order valence-corrected chi connectivity index (χ0v) is 13.1. The van der Waals surface area contributed by atoms with E-state index in [-0.39, 0.29) is 19.0 Å². The Bertz CT molecular complexity index is 581. The van der Waals surface area contributed by atoms with Gasteiger partial charge in [-0.25, -0.2) is 4.39 Å². The highest BCUT2D eigenvalue weighted by Gasteiger charge is 2.32. The van der Waals surface area contributed by atoms with Crippen LogP contribution in [0.2, 0.25) is 0 Å². The van der Waals surface area contributed by atoms with E-state index in [0.717, 1.165) is 0 Å². The van der Waals surface area contributed by atoms with Crippen molar-refractivity contribution in [2.45, 2.75) is 32.9 Å². The molecule has 1 heterocycles. The maximum absolute atomic E-state index is 13.8. The molecule has 0 atom stereocenters. The molecule has 0 spiro atoms. The number of amides is 1. The molecule has 0 saturated carbocycles. The van der Waals surface area contributed by atoms with Crippen molar-refractivity contribution in [1.82, 2.24) is 4.90 Å². The molecule has 1 aromatic rings. The first-order valence-electron chi connectivity index (χ1n) is 6.16. The Morgan fingerprint density at radius 1 is 1.45 bits per heavy atom. The smallest absolute Gasteiger partial charge is 0.326 e. The van der Waals surface area contributed by atoms with E-state index in [4.69, 9.17) is 4.74 Å². The van der Waals surface area contributed by atoms with Crippen LogP contribution in [0.15, 0.2) is 16.6 Å². The molecule has 2 rings (SSSR count). The number of ether oxygens (including phenoxy) is 1. The second-order valence-electron chi connectivity index (χ2n) is 5.66. The zero-order chi connectivity index (χ0) is 15.1. The summed E-state index contributed by atoms with van der Waals surface area (Å²) >= 11 is 3.15. The van der Waals surface area contributed by atoms with Gasteiger partial charge in [0.25, 0.3) is 5.91 Å². The van der Waals surface area contributed by atoms with Crippen LogP contribution in [0.4, 0.5) is 4.39 Å². The molecule has 1 aliphatic heterocycles. The lowest BCUT2D eigenvalue weighted by Crippen LogP contribution is -2.35. The number of hydrogen-bond donors (Lipinski definition) is 0. The Morgan fingerprint density at radius 3 is 2.70 bits per heavy atom. The van der Waals surface area contributed by atoms with Gasteiger partial charge in [-0.05, 0) is 32.9 Å². The fraction of sp³-hybridized carbons (Fsp3) is 0.429. The number of carbonyl (C=O) groups is 2. The fourth-order valence-electron chi connectivity index (χ4n) is 2.05. The summed E-state index contributed by atoms with van der Waals surface area (Å²) in [6.07, 6.45) is 0. The van der Waals surface area contributed by atoms with E-state index in [9.17, 15) is 14.0 Å². The van der Waals surface area contributed by atoms with Crippen molar-refractivity contribution in [3.8, 4) is 0 Å². The molecule has 1 amide bonds. The lowest BCUT2D eigenvalue weighted by Gasteiger charge is -2.22. The van der Waals surface area contributed by atoms with Gasteiger partial charge in [-0.15, -0.1) is 0 Å². The van der Waals surface area contributed by atoms with Gasteiger partial charge < -0.3 is 9.64 Å². The van der Waals surface area contributed by atoms with Crippen LogP contribution in [0.5, 0.6) is 0 Å². The highest BCUT2D eigenvalue weighted by atomic mass is 79.9. The van der Waals surface area contributed by atoms with Crippen LogP contribution < -0.4 is 0 Å². The van der Waals surface area contributed by atoms with Crippen molar-refractivity contribution in [2.24, 2.45) is 0 Å². The summed E-state index contributed by atoms with van der Waals surface area (Å²) in [7, 11) is 0. The molecule has 0 saturated heterocycles. The average molecular weight is 344 g/mol. The van der Waals surface area contributed by atoms with E-state index in [1.54, 1.807) is 26.8 Å². The number of halogens is 2. The second kappa shape index (κ2) is 5.16. The third-order valence-electron chi connectivity index (χ3n) is 2.77. The summed E-state index contributed by atoms with van der Waals surface area (Å²) in [6.45, 7) is 5.17. The Hall–Kier alpha value is -1.43. The van der Waals surface area contributed by atoms with Gasteiger partial charge in [-0.3, -0.25) is 9.59 Å². The van der Waals surface area contributed by atoms with Gasteiger partial charge in [0.15, 0.2) is 0 Å². The van der Waals surface area contributed by atoms with Gasteiger partial charge in [-0.1, -0.05) is 15.9 Å². The summed E-state index contributed by atoms with van der Waals surface area (Å²) in [6, 6.07) is 2.87. The molecule has 4 nitrogen and oxygen atoms in total. The number of hydrogen-bond acceptors (Lipinski definition) is 3. The van der Waals surface area contributed by atoms with Crippen LogP contribution in [-0.2, 0) is 16.1 Å². The molecule has 0 N–H and O–H groups in total. The van der Waals surface area contributed by atoms with Gasteiger partial charge in [0, 0.05) is 15.6 Å². The zero-order valence-electron chi connectivity index (χ0n) is 11.5. The van der Waals surface area contributed by atoms with E-state index < -0.39 is 17.4 Å². The molecule has 1 aliphatic rings. The highest BCUT2D eigenvalue weighted by molar-refractivity contribution is 9.10. The van der Waals surface area contributed by atoms with Crippen LogP contribution in [-0.4, -0.2) is 28.9 Å².